The maximum Gasteiger partial charge on any atom is 0.246 e. The number of benzene rings is 3. The molecular formula is C35H39ClN4O4. The molecule has 44 heavy (non-hydrogen) atoms. The highest BCUT2D eigenvalue weighted by Gasteiger charge is 2.37. The first kappa shape index (κ1) is 31.4. The van der Waals surface area contributed by atoms with Gasteiger partial charge < -0.3 is 20.9 Å². The topological polar surface area (TPSA) is 108 Å². The second-order valence-electron chi connectivity index (χ2n) is 11.7. The highest BCUT2D eigenvalue weighted by molar-refractivity contribution is 6.31. The molecule has 0 radical (unpaired) electrons. The molecule has 3 aromatic carbocycles. The highest BCUT2D eigenvalue weighted by atomic mass is 35.5. The van der Waals surface area contributed by atoms with E-state index in [1.807, 2.05) is 37.3 Å². The number of amides is 3. The summed E-state index contributed by atoms with van der Waals surface area (Å²) >= 11 is 6.18. The zero-order chi connectivity index (χ0) is 31.1. The van der Waals surface area contributed by atoms with E-state index in [1.165, 1.54) is 0 Å². The molecule has 0 spiro atoms. The van der Waals surface area contributed by atoms with Crippen molar-refractivity contribution < 1.29 is 19.2 Å². The van der Waals surface area contributed by atoms with Crippen molar-refractivity contribution in [3.8, 4) is 0 Å². The van der Waals surface area contributed by atoms with E-state index in [1.54, 1.807) is 47.4 Å². The van der Waals surface area contributed by atoms with E-state index in [9.17, 15) is 19.2 Å². The fraction of sp³-hybridized carbons (Fsp3) is 0.371. The van der Waals surface area contributed by atoms with Gasteiger partial charge in [-0.05, 0) is 80.1 Å². The van der Waals surface area contributed by atoms with Crippen LogP contribution in [0.15, 0.2) is 72.8 Å². The Bertz CT molecular complexity index is 1510. The molecule has 2 atom stereocenters. The number of nitrogens with zero attached hydrogens (tertiary/aromatic N) is 1. The fourth-order valence-corrected chi connectivity index (χ4v) is 6.17. The van der Waals surface area contributed by atoms with E-state index in [0.717, 1.165) is 42.6 Å². The lowest BCUT2D eigenvalue weighted by Crippen LogP contribution is -2.56. The van der Waals surface area contributed by atoms with E-state index in [-0.39, 0.29) is 48.8 Å². The molecule has 2 aliphatic heterocycles. The van der Waals surface area contributed by atoms with Gasteiger partial charge >= 0.3 is 0 Å². The summed E-state index contributed by atoms with van der Waals surface area (Å²) in [6.07, 6.45) is 2.70. The zero-order valence-corrected chi connectivity index (χ0v) is 25.7. The molecule has 0 bridgehead atoms. The van der Waals surface area contributed by atoms with Gasteiger partial charge in [-0.3, -0.25) is 19.2 Å². The number of rotatable bonds is 10. The van der Waals surface area contributed by atoms with Crippen molar-refractivity contribution >= 4 is 40.8 Å². The molecule has 0 aliphatic carbocycles. The molecule has 2 heterocycles. The lowest BCUT2D eigenvalue weighted by Gasteiger charge is -2.37. The van der Waals surface area contributed by atoms with Crippen molar-refractivity contribution in [1.82, 2.24) is 15.5 Å². The van der Waals surface area contributed by atoms with Crippen LogP contribution in [-0.4, -0.2) is 53.6 Å². The summed E-state index contributed by atoms with van der Waals surface area (Å²) in [7, 11) is 0. The maximum absolute atomic E-state index is 14.0. The van der Waals surface area contributed by atoms with Crippen LogP contribution in [0.4, 0.5) is 5.69 Å². The molecule has 1 fully saturated rings. The largest absolute Gasteiger partial charge is 0.342 e. The number of aryl methyl sites for hydroxylation is 1. The van der Waals surface area contributed by atoms with Crippen LogP contribution in [0.5, 0.6) is 0 Å². The predicted octanol–water partition coefficient (Wildman–Crippen LogP) is 5.08. The van der Waals surface area contributed by atoms with Crippen LogP contribution < -0.4 is 16.0 Å². The van der Waals surface area contributed by atoms with E-state index in [4.69, 9.17) is 11.6 Å². The molecule has 3 aromatic rings. The molecule has 5 rings (SSSR count). The van der Waals surface area contributed by atoms with Crippen LogP contribution >= 0.6 is 11.6 Å². The second kappa shape index (κ2) is 14.6. The number of piperidine rings is 1. The number of Topliss-reactive ketones (excluding diaryl/α,β-unsaturated/α-hetero) is 1. The lowest BCUT2D eigenvalue weighted by molar-refractivity contribution is -0.142. The highest BCUT2D eigenvalue weighted by Crippen LogP contribution is 2.26. The normalized spacial score (nSPS) is 17.3. The van der Waals surface area contributed by atoms with Gasteiger partial charge in [0, 0.05) is 42.1 Å². The van der Waals surface area contributed by atoms with Crippen molar-refractivity contribution in [1.29, 1.82) is 0 Å². The van der Waals surface area contributed by atoms with E-state index in [2.05, 4.69) is 16.0 Å². The summed E-state index contributed by atoms with van der Waals surface area (Å²) in [5.74, 6) is -0.786. The molecule has 3 N–H and O–H groups in total. The number of ketones is 1. The van der Waals surface area contributed by atoms with Gasteiger partial charge in [-0.2, -0.15) is 0 Å². The lowest BCUT2D eigenvalue weighted by atomic mass is 9.89. The second-order valence-corrected chi connectivity index (χ2v) is 12.2. The van der Waals surface area contributed by atoms with Crippen LogP contribution in [-0.2, 0) is 27.3 Å². The van der Waals surface area contributed by atoms with E-state index in [0.29, 0.717) is 29.1 Å². The Morgan fingerprint density at radius 3 is 2.36 bits per heavy atom. The Morgan fingerprint density at radius 1 is 0.932 bits per heavy atom. The third-order valence-corrected chi connectivity index (χ3v) is 9.04. The summed E-state index contributed by atoms with van der Waals surface area (Å²) in [4.78, 5) is 55.5. The molecule has 1 saturated heterocycles. The first-order chi connectivity index (χ1) is 21.3. The molecule has 230 valence electrons. The predicted molar refractivity (Wildman–Crippen MR) is 171 cm³/mol. The average Bonchev–Trinajstić information content (AvgIpc) is 3.05. The van der Waals surface area contributed by atoms with Gasteiger partial charge in [0.2, 0.25) is 17.7 Å². The number of nitrogens with one attached hydrogen (secondary N) is 3. The number of fused-ring (bicyclic) bond motifs is 1. The number of carbonyl (C=O) groups excluding carboxylic acids is 4. The Morgan fingerprint density at radius 2 is 1.64 bits per heavy atom. The molecule has 8 nitrogen and oxygen atoms in total. The minimum absolute atomic E-state index is 0.00538. The van der Waals surface area contributed by atoms with Crippen molar-refractivity contribution in [2.75, 3.05) is 18.4 Å². The number of halogens is 1. The van der Waals surface area contributed by atoms with Gasteiger partial charge in [-0.15, -0.1) is 0 Å². The number of anilines is 1. The van der Waals surface area contributed by atoms with E-state index >= 15 is 0 Å². The van der Waals surface area contributed by atoms with Crippen LogP contribution in [0.3, 0.4) is 0 Å². The Balaban J connectivity index is 1.33. The molecule has 3 amide bonds. The average molecular weight is 615 g/mol. The van der Waals surface area contributed by atoms with Gasteiger partial charge in [-0.25, -0.2) is 0 Å². The maximum atomic E-state index is 14.0. The van der Waals surface area contributed by atoms with Crippen molar-refractivity contribution in [3.05, 3.63) is 100 Å². The zero-order valence-electron chi connectivity index (χ0n) is 25.0. The Kier molecular flexibility index (Phi) is 10.5. The van der Waals surface area contributed by atoms with Crippen molar-refractivity contribution in [3.63, 3.8) is 0 Å². The SMILES string of the molecule is Cc1cc(NC(=O)C(CC2CCNCC2)NC(=O)[C@@H]2Cc3ccccc3CN2C(=O)CCC(=O)c2ccccc2)ccc1Cl. The number of carbonyl (C=O) groups is 4. The van der Waals surface area contributed by atoms with Gasteiger partial charge in [0.1, 0.15) is 12.1 Å². The number of hydrogen-bond donors (Lipinski definition) is 3. The van der Waals surface area contributed by atoms with E-state index < -0.39 is 12.1 Å². The number of hydrogen-bond acceptors (Lipinski definition) is 5. The third kappa shape index (κ3) is 7.92. The standard InChI is InChI=1S/C35H39ClN4O4/c1-23-19-28(11-12-29(23)36)38-34(43)30(20-24-15-17-37-18-16-24)39-35(44)31-21-26-9-5-6-10-27(26)22-40(31)33(42)14-13-32(41)25-7-3-2-4-8-25/h2-12,19,24,30-31,37H,13-18,20-22H2,1H3,(H,38,43)(H,39,44)/t30?,31-/m0/s1. The summed E-state index contributed by atoms with van der Waals surface area (Å²) in [6, 6.07) is 20.4. The fourth-order valence-electron chi connectivity index (χ4n) is 6.05. The van der Waals surface area contributed by atoms with Crippen LogP contribution in [0.25, 0.3) is 0 Å². The molecule has 9 heteroatoms. The Hall–Kier alpha value is -4.01. The first-order valence-electron chi connectivity index (χ1n) is 15.3. The van der Waals surface area contributed by atoms with Crippen LogP contribution in [0.2, 0.25) is 5.02 Å². The molecular weight excluding hydrogens is 576 g/mol. The van der Waals surface area contributed by atoms with Gasteiger partial charge in [0.15, 0.2) is 5.78 Å². The Labute approximate surface area is 263 Å². The minimum atomic E-state index is -0.801. The summed E-state index contributed by atoms with van der Waals surface area (Å²) in [6.45, 7) is 3.87. The quantitative estimate of drug-likeness (QED) is 0.276. The molecule has 1 unspecified atom stereocenters. The monoisotopic (exact) mass is 614 g/mol. The molecule has 0 saturated carbocycles. The minimum Gasteiger partial charge on any atom is -0.342 e. The summed E-state index contributed by atoms with van der Waals surface area (Å²) < 4.78 is 0. The van der Waals surface area contributed by atoms with Gasteiger partial charge in [0.25, 0.3) is 0 Å². The molecule has 0 aromatic heterocycles. The van der Waals surface area contributed by atoms with Crippen LogP contribution in [0, 0.1) is 12.8 Å². The third-order valence-electron chi connectivity index (χ3n) is 8.62. The van der Waals surface area contributed by atoms with Gasteiger partial charge in [-0.1, -0.05) is 66.2 Å². The van der Waals surface area contributed by atoms with Gasteiger partial charge in [0.05, 0.1) is 0 Å². The smallest absolute Gasteiger partial charge is 0.246 e. The molecule has 2 aliphatic rings. The van der Waals surface area contributed by atoms with Crippen molar-refractivity contribution in [2.24, 2.45) is 5.92 Å². The first-order valence-corrected chi connectivity index (χ1v) is 15.7. The van der Waals surface area contributed by atoms with Crippen LogP contribution in [0.1, 0.15) is 59.2 Å². The van der Waals surface area contributed by atoms with Crippen molar-refractivity contribution in [2.45, 2.75) is 64.1 Å². The summed E-state index contributed by atoms with van der Waals surface area (Å²) in [5.41, 5.74) is 3.97. The summed E-state index contributed by atoms with van der Waals surface area (Å²) in [5, 5.41) is 9.95.